The number of nitrogens with zero attached hydrogens (tertiary/aromatic N) is 3. The van der Waals surface area contributed by atoms with Crippen molar-refractivity contribution >= 4 is 17.7 Å². The number of primary amides is 1. The van der Waals surface area contributed by atoms with Gasteiger partial charge in [0, 0.05) is 31.2 Å². The van der Waals surface area contributed by atoms with Gasteiger partial charge in [-0.1, -0.05) is 11.8 Å². The summed E-state index contributed by atoms with van der Waals surface area (Å²) in [5.41, 5.74) is 5.27. The number of ether oxygens (including phenoxy) is 1. The molecule has 2 N–H and O–H groups in total. The second-order valence-corrected chi connectivity index (χ2v) is 6.77. The van der Waals surface area contributed by atoms with Crippen molar-refractivity contribution in [2.75, 3.05) is 12.4 Å². The van der Waals surface area contributed by atoms with Crippen molar-refractivity contribution < 1.29 is 9.53 Å². The summed E-state index contributed by atoms with van der Waals surface area (Å²) in [6.07, 6.45) is 6.53. The molecule has 0 aromatic carbocycles. The summed E-state index contributed by atoms with van der Waals surface area (Å²) in [6, 6.07) is 0. The van der Waals surface area contributed by atoms with Crippen LogP contribution in [0.25, 0.3) is 0 Å². The second kappa shape index (κ2) is 6.79. The molecule has 1 atom stereocenters. The van der Waals surface area contributed by atoms with Crippen LogP contribution in [0.4, 0.5) is 0 Å². The van der Waals surface area contributed by atoms with Crippen molar-refractivity contribution in [3.8, 4) is 0 Å². The van der Waals surface area contributed by atoms with Crippen molar-refractivity contribution in [1.82, 2.24) is 14.8 Å². The van der Waals surface area contributed by atoms with Gasteiger partial charge < -0.3 is 15.0 Å². The zero-order chi connectivity index (χ0) is 14.7. The normalized spacial score (nSPS) is 22.4. The van der Waals surface area contributed by atoms with Crippen molar-refractivity contribution in [3.05, 3.63) is 5.82 Å². The molecule has 1 aliphatic heterocycles. The molecule has 1 saturated heterocycles. The zero-order valence-electron chi connectivity index (χ0n) is 12.2. The largest absolute Gasteiger partial charge is 0.377 e. The first-order chi connectivity index (χ1) is 10.2. The van der Waals surface area contributed by atoms with Crippen LogP contribution in [0, 0.1) is 0 Å². The number of amides is 1. The van der Waals surface area contributed by atoms with Gasteiger partial charge in [0.25, 0.3) is 0 Å². The third kappa shape index (κ3) is 3.97. The molecule has 1 aliphatic carbocycles. The number of nitrogens with two attached hydrogens (primary N) is 1. The minimum absolute atomic E-state index is 0.281. The van der Waals surface area contributed by atoms with Crippen LogP contribution in [0.2, 0.25) is 0 Å². The Labute approximate surface area is 128 Å². The van der Waals surface area contributed by atoms with Gasteiger partial charge in [-0.2, -0.15) is 0 Å². The highest BCUT2D eigenvalue weighted by molar-refractivity contribution is 7.99. The number of hydrogen-bond donors (Lipinski definition) is 1. The van der Waals surface area contributed by atoms with E-state index in [1.807, 2.05) is 0 Å². The Morgan fingerprint density at radius 2 is 2.19 bits per heavy atom. The lowest BCUT2D eigenvalue weighted by Gasteiger charge is -2.21. The van der Waals surface area contributed by atoms with Crippen LogP contribution < -0.4 is 5.73 Å². The Morgan fingerprint density at radius 3 is 2.86 bits per heavy atom. The molecule has 2 fully saturated rings. The molecule has 1 unspecified atom stereocenters. The van der Waals surface area contributed by atoms with Crippen LogP contribution in [0.15, 0.2) is 5.16 Å². The number of hydrogen-bond acceptors (Lipinski definition) is 5. The van der Waals surface area contributed by atoms with E-state index in [9.17, 15) is 4.79 Å². The first-order valence-electron chi connectivity index (χ1n) is 7.70. The van der Waals surface area contributed by atoms with Crippen molar-refractivity contribution in [2.24, 2.45) is 5.73 Å². The van der Waals surface area contributed by atoms with Gasteiger partial charge in [-0.3, -0.25) is 4.79 Å². The van der Waals surface area contributed by atoms with Gasteiger partial charge >= 0.3 is 0 Å². The minimum Gasteiger partial charge on any atom is -0.377 e. The predicted molar refractivity (Wildman–Crippen MR) is 80.1 cm³/mol. The molecular formula is C14H22N4O2S. The molecule has 116 valence electrons. The Morgan fingerprint density at radius 1 is 1.33 bits per heavy atom. The third-order valence-corrected chi connectivity index (χ3v) is 5.04. The molecule has 2 aliphatic rings. The molecule has 0 bridgehead atoms. The average molecular weight is 310 g/mol. The van der Waals surface area contributed by atoms with Crippen molar-refractivity contribution in [3.63, 3.8) is 0 Å². The Balaban J connectivity index is 1.63. The summed E-state index contributed by atoms with van der Waals surface area (Å²) >= 11 is 1.68. The number of rotatable bonds is 7. The van der Waals surface area contributed by atoms with Crippen LogP contribution in [0.5, 0.6) is 0 Å². The molecule has 21 heavy (non-hydrogen) atoms. The zero-order valence-corrected chi connectivity index (χ0v) is 13.0. The highest BCUT2D eigenvalue weighted by atomic mass is 32.2. The minimum atomic E-state index is -0.281. The first kappa shape index (κ1) is 14.8. The third-order valence-electron chi connectivity index (χ3n) is 3.94. The van der Waals surface area contributed by atoms with Crippen molar-refractivity contribution in [1.29, 1.82) is 0 Å². The van der Waals surface area contributed by atoms with Gasteiger partial charge in [-0.25, -0.2) is 0 Å². The number of aromatic nitrogens is 3. The SMILES string of the molecule is NC(=O)CCn1c(SCC2CCCCO2)nnc1C1CC1. The fraction of sp³-hybridized carbons (Fsp3) is 0.786. The lowest BCUT2D eigenvalue weighted by atomic mass is 10.1. The van der Waals surface area contributed by atoms with Crippen LogP contribution >= 0.6 is 11.8 Å². The van der Waals surface area contributed by atoms with E-state index in [1.54, 1.807) is 11.8 Å². The van der Waals surface area contributed by atoms with Crippen LogP contribution in [-0.2, 0) is 16.1 Å². The smallest absolute Gasteiger partial charge is 0.219 e. The van der Waals surface area contributed by atoms with Gasteiger partial charge in [-0.15, -0.1) is 10.2 Å². The molecule has 1 amide bonds. The summed E-state index contributed by atoms with van der Waals surface area (Å²) in [5, 5.41) is 9.52. The Bertz CT molecular complexity index is 495. The Hall–Kier alpha value is -1.08. The van der Waals surface area contributed by atoms with Crippen LogP contribution in [-0.4, -0.2) is 39.1 Å². The van der Waals surface area contributed by atoms with Gasteiger partial charge in [0.2, 0.25) is 5.91 Å². The lowest BCUT2D eigenvalue weighted by Crippen LogP contribution is -2.21. The summed E-state index contributed by atoms with van der Waals surface area (Å²) in [4.78, 5) is 11.0. The predicted octanol–water partition coefficient (Wildman–Crippen LogP) is 1.69. The fourth-order valence-electron chi connectivity index (χ4n) is 2.59. The topological polar surface area (TPSA) is 83.0 Å². The number of carbonyl (C=O) groups excluding carboxylic acids is 1. The standard InChI is InChI=1S/C14H22N4O2S/c15-12(19)6-7-18-13(10-4-5-10)16-17-14(18)21-9-11-3-1-2-8-20-11/h10-11H,1-9H2,(H2,15,19). The van der Waals surface area contributed by atoms with E-state index >= 15 is 0 Å². The molecule has 0 spiro atoms. The van der Waals surface area contributed by atoms with E-state index in [-0.39, 0.29) is 5.91 Å². The van der Waals surface area contributed by atoms with E-state index in [1.165, 1.54) is 25.7 Å². The van der Waals surface area contributed by atoms with E-state index in [0.29, 0.717) is 25.0 Å². The maximum Gasteiger partial charge on any atom is 0.219 e. The van der Waals surface area contributed by atoms with Crippen molar-refractivity contribution in [2.45, 2.75) is 62.2 Å². The molecule has 7 heteroatoms. The van der Waals surface area contributed by atoms with Crippen LogP contribution in [0.3, 0.4) is 0 Å². The molecule has 6 nitrogen and oxygen atoms in total. The average Bonchev–Trinajstić information content (AvgIpc) is 3.25. The van der Waals surface area contributed by atoms with E-state index in [2.05, 4.69) is 14.8 Å². The fourth-order valence-corrected chi connectivity index (χ4v) is 3.63. The number of carbonyl (C=O) groups is 1. The maximum absolute atomic E-state index is 11.0. The van der Waals surface area contributed by atoms with Crippen LogP contribution in [0.1, 0.15) is 50.3 Å². The molecule has 1 saturated carbocycles. The molecule has 3 rings (SSSR count). The molecule has 1 aromatic rings. The second-order valence-electron chi connectivity index (χ2n) is 5.78. The summed E-state index contributed by atoms with van der Waals surface area (Å²) in [6.45, 7) is 1.45. The molecular weight excluding hydrogens is 288 g/mol. The van der Waals surface area contributed by atoms with Gasteiger partial charge in [-0.05, 0) is 32.1 Å². The number of thioether (sulfide) groups is 1. The van der Waals surface area contributed by atoms with E-state index < -0.39 is 0 Å². The molecule has 1 aromatic heterocycles. The first-order valence-corrected chi connectivity index (χ1v) is 8.68. The monoisotopic (exact) mass is 310 g/mol. The van der Waals surface area contributed by atoms with Gasteiger partial charge in [0.1, 0.15) is 5.82 Å². The maximum atomic E-state index is 11.0. The van der Waals surface area contributed by atoms with E-state index in [4.69, 9.17) is 10.5 Å². The molecule has 2 heterocycles. The van der Waals surface area contributed by atoms with E-state index in [0.717, 1.165) is 29.8 Å². The van der Waals surface area contributed by atoms with Gasteiger partial charge in [0.05, 0.1) is 6.10 Å². The Kier molecular flexibility index (Phi) is 4.80. The highest BCUT2D eigenvalue weighted by Gasteiger charge is 2.30. The summed E-state index contributed by atoms with van der Waals surface area (Å²) in [5.74, 6) is 2.16. The van der Waals surface area contributed by atoms with Gasteiger partial charge in [0.15, 0.2) is 5.16 Å². The summed E-state index contributed by atoms with van der Waals surface area (Å²) in [7, 11) is 0. The highest BCUT2D eigenvalue weighted by Crippen LogP contribution is 2.40. The lowest BCUT2D eigenvalue weighted by molar-refractivity contribution is -0.118. The molecule has 0 radical (unpaired) electrons. The summed E-state index contributed by atoms with van der Waals surface area (Å²) < 4.78 is 7.83. The quantitative estimate of drug-likeness (QED) is 0.775.